The first kappa shape index (κ1) is 19.4. The van der Waals surface area contributed by atoms with Crippen molar-refractivity contribution >= 4 is 11.8 Å². The summed E-state index contributed by atoms with van der Waals surface area (Å²) in [6.07, 6.45) is 5.90. The summed E-state index contributed by atoms with van der Waals surface area (Å²) < 4.78 is 29.3. The lowest BCUT2D eigenvalue weighted by molar-refractivity contribution is -0.0499. The number of hydrogen-bond acceptors (Lipinski definition) is 3. The SMILES string of the molecule is O=C(NC1CCCc2cc(OC(F)F)ccc21)c1c[nH]c(C(=O)N2CCCC2)c1. The number of halogens is 2. The van der Waals surface area contributed by atoms with Gasteiger partial charge in [-0.1, -0.05) is 6.07 Å². The number of nitrogens with one attached hydrogen (secondary N) is 2. The van der Waals surface area contributed by atoms with Crippen LogP contribution in [0.2, 0.25) is 0 Å². The fraction of sp³-hybridized carbons (Fsp3) is 0.429. The third-order valence-corrected chi connectivity index (χ3v) is 5.53. The molecule has 2 aromatic rings. The van der Waals surface area contributed by atoms with Crippen molar-refractivity contribution in [3.05, 3.63) is 52.8 Å². The lowest BCUT2D eigenvalue weighted by atomic mass is 9.87. The maximum atomic E-state index is 12.7. The van der Waals surface area contributed by atoms with Gasteiger partial charge < -0.3 is 19.9 Å². The first-order valence-electron chi connectivity index (χ1n) is 9.87. The lowest BCUT2D eigenvalue weighted by Gasteiger charge is -2.26. The number of aromatic amines is 1. The van der Waals surface area contributed by atoms with Crippen molar-refractivity contribution in [2.24, 2.45) is 0 Å². The van der Waals surface area contributed by atoms with Crippen molar-refractivity contribution in [1.29, 1.82) is 0 Å². The normalized spacial score (nSPS) is 18.6. The molecule has 1 fully saturated rings. The number of aryl methyl sites for hydroxylation is 1. The maximum absolute atomic E-state index is 12.7. The number of amides is 2. The number of fused-ring (bicyclic) bond motifs is 1. The van der Waals surface area contributed by atoms with Gasteiger partial charge in [-0.3, -0.25) is 9.59 Å². The van der Waals surface area contributed by atoms with Crippen LogP contribution in [-0.2, 0) is 6.42 Å². The Kier molecular flexibility index (Phi) is 5.51. The smallest absolute Gasteiger partial charge is 0.387 e. The number of aromatic nitrogens is 1. The Labute approximate surface area is 167 Å². The van der Waals surface area contributed by atoms with Crippen LogP contribution in [0.1, 0.15) is 63.7 Å². The van der Waals surface area contributed by atoms with Crippen molar-refractivity contribution in [2.75, 3.05) is 13.1 Å². The molecule has 154 valence electrons. The van der Waals surface area contributed by atoms with Gasteiger partial charge in [-0.15, -0.1) is 0 Å². The van der Waals surface area contributed by atoms with Gasteiger partial charge in [0.2, 0.25) is 0 Å². The Morgan fingerprint density at radius 1 is 1.17 bits per heavy atom. The molecule has 6 nitrogen and oxygen atoms in total. The summed E-state index contributed by atoms with van der Waals surface area (Å²) >= 11 is 0. The van der Waals surface area contributed by atoms with E-state index in [4.69, 9.17) is 0 Å². The number of carbonyl (C=O) groups is 2. The van der Waals surface area contributed by atoms with Crippen LogP contribution in [0.3, 0.4) is 0 Å². The van der Waals surface area contributed by atoms with E-state index in [0.717, 1.165) is 56.3 Å². The molecule has 2 aliphatic rings. The maximum Gasteiger partial charge on any atom is 0.387 e. The molecule has 8 heteroatoms. The van der Waals surface area contributed by atoms with Gasteiger partial charge in [0.1, 0.15) is 11.4 Å². The molecular weight excluding hydrogens is 380 g/mol. The third-order valence-electron chi connectivity index (χ3n) is 5.53. The number of likely N-dealkylation sites (tertiary alicyclic amines) is 1. The minimum atomic E-state index is -2.86. The predicted octanol–water partition coefficient (Wildman–Crippen LogP) is 3.66. The Morgan fingerprint density at radius 2 is 1.97 bits per heavy atom. The number of nitrogens with zero attached hydrogens (tertiary/aromatic N) is 1. The summed E-state index contributed by atoms with van der Waals surface area (Å²) in [4.78, 5) is 29.8. The zero-order valence-corrected chi connectivity index (χ0v) is 15.9. The van der Waals surface area contributed by atoms with E-state index in [1.165, 1.54) is 6.07 Å². The van der Waals surface area contributed by atoms with E-state index in [1.54, 1.807) is 29.3 Å². The van der Waals surface area contributed by atoms with Gasteiger partial charge >= 0.3 is 6.61 Å². The van der Waals surface area contributed by atoms with Gasteiger partial charge in [0, 0.05) is 19.3 Å². The summed E-state index contributed by atoms with van der Waals surface area (Å²) in [5.41, 5.74) is 2.63. The molecule has 1 aliphatic heterocycles. The largest absolute Gasteiger partial charge is 0.435 e. The van der Waals surface area contributed by atoms with E-state index in [2.05, 4.69) is 15.0 Å². The quantitative estimate of drug-likeness (QED) is 0.800. The van der Waals surface area contributed by atoms with Crippen LogP contribution >= 0.6 is 0 Å². The van der Waals surface area contributed by atoms with Crippen molar-refractivity contribution < 1.29 is 23.1 Å². The second-order valence-electron chi connectivity index (χ2n) is 7.46. The number of H-pyrrole nitrogens is 1. The zero-order valence-electron chi connectivity index (χ0n) is 15.9. The van der Waals surface area contributed by atoms with Crippen molar-refractivity contribution in [3.8, 4) is 5.75 Å². The molecule has 0 radical (unpaired) electrons. The van der Waals surface area contributed by atoms with Crippen LogP contribution in [0.15, 0.2) is 30.5 Å². The van der Waals surface area contributed by atoms with Crippen LogP contribution in [0, 0.1) is 0 Å². The minimum absolute atomic E-state index is 0.0869. The number of benzene rings is 1. The van der Waals surface area contributed by atoms with Gasteiger partial charge in [0.15, 0.2) is 0 Å². The fourth-order valence-electron chi connectivity index (χ4n) is 4.10. The van der Waals surface area contributed by atoms with E-state index in [-0.39, 0.29) is 23.6 Å². The first-order chi connectivity index (χ1) is 14.0. The number of ether oxygens (including phenoxy) is 1. The summed E-state index contributed by atoms with van der Waals surface area (Å²) in [6, 6.07) is 6.22. The summed E-state index contributed by atoms with van der Waals surface area (Å²) in [6.45, 7) is -1.37. The minimum Gasteiger partial charge on any atom is -0.435 e. The van der Waals surface area contributed by atoms with Gasteiger partial charge in [0.05, 0.1) is 11.6 Å². The molecular formula is C21H23F2N3O3. The first-order valence-corrected chi connectivity index (χ1v) is 9.87. The Morgan fingerprint density at radius 3 is 2.72 bits per heavy atom. The Hall–Kier alpha value is -2.90. The topological polar surface area (TPSA) is 74.4 Å². The molecule has 0 bridgehead atoms. The van der Waals surface area contributed by atoms with Gasteiger partial charge in [-0.2, -0.15) is 8.78 Å². The molecule has 2 amide bonds. The molecule has 1 atom stereocenters. The summed E-state index contributed by atoms with van der Waals surface area (Å²) in [5.74, 6) is -0.231. The van der Waals surface area contributed by atoms with Crippen molar-refractivity contribution in [2.45, 2.75) is 44.8 Å². The van der Waals surface area contributed by atoms with E-state index < -0.39 is 6.61 Å². The highest BCUT2D eigenvalue weighted by atomic mass is 19.3. The molecule has 1 saturated heterocycles. The summed E-state index contributed by atoms with van der Waals surface area (Å²) in [7, 11) is 0. The molecule has 1 aliphatic carbocycles. The molecule has 0 saturated carbocycles. The predicted molar refractivity (Wildman–Crippen MR) is 102 cm³/mol. The van der Waals surface area contributed by atoms with Gasteiger partial charge in [0.25, 0.3) is 11.8 Å². The van der Waals surface area contributed by atoms with Crippen LogP contribution < -0.4 is 10.1 Å². The molecule has 2 N–H and O–H groups in total. The second kappa shape index (κ2) is 8.23. The fourth-order valence-corrected chi connectivity index (χ4v) is 4.10. The Bertz CT molecular complexity index is 906. The molecule has 1 unspecified atom stereocenters. The van der Waals surface area contributed by atoms with E-state index >= 15 is 0 Å². The molecule has 1 aromatic heterocycles. The number of hydrogen-bond donors (Lipinski definition) is 2. The third kappa shape index (κ3) is 4.26. The highest BCUT2D eigenvalue weighted by molar-refractivity contribution is 5.99. The highest BCUT2D eigenvalue weighted by Crippen LogP contribution is 2.33. The molecule has 29 heavy (non-hydrogen) atoms. The van der Waals surface area contributed by atoms with E-state index in [0.29, 0.717) is 11.3 Å². The monoisotopic (exact) mass is 403 g/mol. The van der Waals surface area contributed by atoms with Crippen LogP contribution in [0.5, 0.6) is 5.75 Å². The molecule has 4 rings (SSSR count). The average molecular weight is 403 g/mol. The van der Waals surface area contributed by atoms with Gasteiger partial charge in [-0.25, -0.2) is 0 Å². The van der Waals surface area contributed by atoms with Crippen LogP contribution in [0.4, 0.5) is 8.78 Å². The Balaban J connectivity index is 1.45. The molecule has 1 aromatic carbocycles. The number of carbonyl (C=O) groups excluding carboxylic acids is 2. The zero-order chi connectivity index (χ0) is 20.4. The van der Waals surface area contributed by atoms with Gasteiger partial charge in [-0.05, 0) is 61.4 Å². The lowest BCUT2D eigenvalue weighted by Crippen LogP contribution is -2.31. The van der Waals surface area contributed by atoms with Crippen molar-refractivity contribution in [1.82, 2.24) is 15.2 Å². The molecule has 0 spiro atoms. The van der Waals surface area contributed by atoms with Crippen LogP contribution in [0.25, 0.3) is 0 Å². The number of alkyl halides is 2. The standard InChI is InChI=1S/C21H23F2N3O3/c22-21(23)29-15-6-7-16-13(10-15)4-3-5-17(16)25-19(27)14-11-18(24-12-14)20(28)26-8-1-2-9-26/h6-7,10-12,17,21,24H,1-5,8-9H2,(H,25,27). The average Bonchev–Trinajstić information content (AvgIpc) is 3.39. The second-order valence-corrected chi connectivity index (χ2v) is 7.46. The van der Waals surface area contributed by atoms with E-state index in [1.807, 2.05) is 0 Å². The van der Waals surface area contributed by atoms with Crippen LogP contribution in [-0.4, -0.2) is 41.4 Å². The highest BCUT2D eigenvalue weighted by Gasteiger charge is 2.25. The number of rotatable bonds is 5. The van der Waals surface area contributed by atoms with Crippen molar-refractivity contribution in [3.63, 3.8) is 0 Å². The summed E-state index contributed by atoms with van der Waals surface area (Å²) in [5, 5.41) is 3.00. The van der Waals surface area contributed by atoms with E-state index in [9.17, 15) is 18.4 Å². The molecule has 2 heterocycles.